The van der Waals surface area contributed by atoms with Gasteiger partial charge in [-0.05, 0) is 24.3 Å². The van der Waals surface area contributed by atoms with Crippen LogP contribution in [-0.4, -0.2) is 61.4 Å². The maximum atomic E-state index is 12.1. The van der Waals surface area contributed by atoms with Crippen LogP contribution < -0.4 is 14.4 Å². The third-order valence-electron chi connectivity index (χ3n) is 4.68. The van der Waals surface area contributed by atoms with Gasteiger partial charge >= 0.3 is 5.97 Å². The van der Waals surface area contributed by atoms with Gasteiger partial charge in [0.05, 0.1) is 19.8 Å². The first kappa shape index (κ1) is 18.0. The summed E-state index contributed by atoms with van der Waals surface area (Å²) in [6.45, 7) is 2.73. The molecule has 0 amide bonds. The van der Waals surface area contributed by atoms with Crippen molar-refractivity contribution >= 4 is 11.7 Å². The van der Waals surface area contributed by atoms with Crippen molar-refractivity contribution in [2.75, 3.05) is 45.3 Å². The number of carboxylic acid groups (broad SMARTS) is 1. The Morgan fingerprint density at radius 1 is 1.04 bits per heavy atom. The number of aliphatic carboxylic acids is 1. The molecule has 0 radical (unpaired) electrons. The van der Waals surface area contributed by atoms with Crippen LogP contribution in [0.3, 0.4) is 0 Å². The highest BCUT2D eigenvalue weighted by atomic mass is 16.5. The van der Waals surface area contributed by atoms with Gasteiger partial charge in [-0.25, -0.2) is 0 Å². The van der Waals surface area contributed by atoms with Crippen LogP contribution in [0, 0.1) is 0 Å². The predicted octanol–water partition coefficient (Wildman–Crippen LogP) is 2.05. The molecule has 7 heteroatoms. The molecule has 1 aliphatic rings. The number of pyridine rings is 1. The molecule has 1 aliphatic heterocycles. The van der Waals surface area contributed by atoms with Gasteiger partial charge in [0.25, 0.3) is 0 Å². The minimum atomic E-state index is -0.912. The standard InChI is InChI=1S/C19H23N3O4/c1-25-15-4-3-5-16(26-2)17(15)18(19(23)24)22-12-10-21(11-13-22)14-6-8-20-9-7-14/h3-9,18H,10-13H2,1-2H3,(H,23,24). The van der Waals surface area contributed by atoms with Gasteiger partial charge in [-0.15, -0.1) is 0 Å². The first-order chi connectivity index (χ1) is 12.7. The lowest BCUT2D eigenvalue weighted by atomic mass is 10.0. The fourth-order valence-electron chi connectivity index (χ4n) is 3.40. The van der Waals surface area contributed by atoms with Crippen LogP contribution in [0.4, 0.5) is 5.69 Å². The van der Waals surface area contributed by atoms with Crippen molar-refractivity contribution in [2.24, 2.45) is 0 Å². The van der Waals surface area contributed by atoms with Crippen LogP contribution >= 0.6 is 0 Å². The molecule has 0 spiro atoms. The van der Waals surface area contributed by atoms with Crippen molar-refractivity contribution < 1.29 is 19.4 Å². The van der Waals surface area contributed by atoms with Crippen LogP contribution in [-0.2, 0) is 4.79 Å². The summed E-state index contributed by atoms with van der Waals surface area (Å²) in [6, 6.07) is 8.44. The lowest BCUT2D eigenvalue weighted by molar-refractivity contribution is -0.143. The Morgan fingerprint density at radius 2 is 1.62 bits per heavy atom. The quantitative estimate of drug-likeness (QED) is 0.848. The Hall–Kier alpha value is -2.80. The molecule has 0 saturated carbocycles. The topological polar surface area (TPSA) is 75.1 Å². The second-order valence-electron chi connectivity index (χ2n) is 6.05. The maximum absolute atomic E-state index is 12.1. The minimum Gasteiger partial charge on any atom is -0.496 e. The zero-order valence-corrected chi connectivity index (χ0v) is 15.0. The molecule has 1 N–H and O–H groups in total. The highest BCUT2D eigenvalue weighted by molar-refractivity contribution is 5.78. The molecule has 1 atom stereocenters. The normalized spacial score (nSPS) is 16.2. The largest absolute Gasteiger partial charge is 0.496 e. The fraction of sp³-hybridized carbons (Fsp3) is 0.368. The SMILES string of the molecule is COc1cccc(OC)c1C(C(=O)O)N1CCN(c2ccncc2)CC1. The van der Waals surface area contributed by atoms with Crippen molar-refractivity contribution in [3.05, 3.63) is 48.3 Å². The van der Waals surface area contributed by atoms with Crippen molar-refractivity contribution in [1.29, 1.82) is 0 Å². The van der Waals surface area contributed by atoms with Crippen molar-refractivity contribution in [2.45, 2.75) is 6.04 Å². The number of hydrogen-bond donors (Lipinski definition) is 1. The summed E-state index contributed by atoms with van der Waals surface area (Å²) in [7, 11) is 3.08. The highest BCUT2D eigenvalue weighted by Gasteiger charge is 2.34. The molecular formula is C19H23N3O4. The van der Waals surface area contributed by atoms with Crippen LogP contribution in [0.25, 0.3) is 0 Å². The smallest absolute Gasteiger partial charge is 0.325 e. The van der Waals surface area contributed by atoms with E-state index in [1.165, 1.54) is 0 Å². The van der Waals surface area contributed by atoms with E-state index in [-0.39, 0.29) is 0 Å². The molecule has 7 nitrogen and oxygen atoms in total. The van der Waals surface area contributed by atoms with Crippen molar-refractivity contribution in [3.63, 3.8) is 0 Å². The van der Waals surface area contributed by atoms with E-state index in [2.05, 4.69) is 9.88 Å². The first-order valence-corrected chi connectivity index (χ1v) is 8.48. The lowest BCUT2D eigenvalue weighted by Crippen LogP contribution is -2.49. The van der Waals surface area contributed by atoms with E-state index in [1.54, 1.807) is 44.8 Å². The average molecular weight is 357 g/mol. The summed E-state index contributed by atoms with van der Waals surface area (Å²) < 4.78 is 10.8. The molecule has 26 heavy (non-hydrogen) atoms. The first-order valence-electron chi connectivity index (χ1n) is 8.48. The summed E-state index contributed by atoms with van der Waals surface area (Å²) in [5.74, 6) is 0.131. The zero-order valence-electron chi connectivity index (χ0n) is 15.0. The van der Waals surface area contributed by atoms with Crippen LogP contribution in [0.2, 0.25) is 0 Å². The average Bonchev–Trinajstić information content (AvgIpc) is 2.69. The highest BCUT2D eigenvalue weighted by Crippen LogP contribution is 2.37. The Kier molecular flexibility index (Phi) is 5.58. The monoisotopic (exact) mass is 357 g/mol. The third-order valence-corrected chi connectivity index (χ3v) is 4.68. The van der Waals surface area contributed by atoms with E-state index in [1.807, 2.05) is 17.0 Å². The molecule has 1 saturated heterocycles. The number of benzene rings is 1. The van der Waals surface area contributed by atoms with Gasteiger partial charge in [0.1, 0.15) is 17.5 Å². The van der Waals surface area contributed by atoms with Gasteiger partial charge in [0.2, 0.25) is 0 Å². The molecule has 0 aliphatic carbocycles. The number of aromatic nitrogens is 1. The number of carboxylic acids is 1. The molecule has 2 heterocycles. The van der Waals surface area contributed by atoms with Crippen LogP contribution in [0.1, 0.15) is 11.6 Å². The summed E-state index contributed by atoms with van der Waals surface area (Å²) in [6.07, 6.45) is 3.53. The van der Waals surface area contributed by atoms with Gasteiger partial charge in [0, 0.05) is 44.3 Å². The number of nitrogens with zero attached hydrogens (tertiary/aromatic N) is 3. The molecule has 1 aromatic carbocycles. The van der Waals surface area contributed by atoms with Crippen LogP contribution in [0.15, 0.2) is 42.7 Å². The molecule has 0 bridgehead atoms. The number of anilines is 1. The van der Waals surface area contributed by atoms with Gasteiger partial charge in [-0.1, -0.05) is 6.07 Å². The lowest BCUT2D eigenvalue weighted by Gasteiger charge is -2.39. The molecule has 1 unspecified atom stereocenters. The van der Waals surface area contributed by atoms with E-state index in [0.29, 0.717) is 30.2 Å². The summed E-state index contributed by atoms with van der Waals surface area (Å²) in [5, 5.41) is 9.93. The molecule has 1 aromatic heterocycles. The Labute approximate surface area is 152 Å². The van der Waals surface area contributed by atoms with Gasteiger partial charge in [-0.3, -0.25) is 14.7 Å². The zero-order chi connectivity index (χ0) is 18.5. The molecular weight excluding hydrogens is 334 g/mol. The second-order valence-corrected chi connectivity index (χ2v) is 6.05. The fourth-order valence-corrected chi connectivity index (χ4v) is 3.40. The Morgan fingerprint density at radius 3 is 2.12 bits per heavy atom. The van der Waals surface area contributed by atoms with E-state index in [0.717, 1.165) is 18.8 Å². The van der Waals surface area contributed by atoms with E-state index >= 15 is 0 Å². The Bertz CT molecular complexity index is 723. The minimum absolute atomic E-state index is 0.522. The van der Waals surface area contributed by atoms with Crippen molar-refractivity contribution in [1.82, 2.24) is 9.88 Å². The molecule has 2 aromatic rings. The number of ether oxygens (including phenoxy) is 2. The Balaban J connectivity index is 1.84. The van der Waals surface area contributed by atoms with E-state index in [4.69, 9.17) is 9.47 Å². The predicted molar refractivity (Wildman–Crippen MR) is 97.9 cm³/mol. The second kappa shape index (κ2) is 8.05. The van der Waals surface area contributed by atoms with Crippen LogP contribution in [0.5, 0.6) is 11.5 Å². The molecule has 3 rings (SSSR count). The number of piperazine rings is 1. The number of methoxy groups -OCH3 is 2. The molecule has 1 fully saturated rings. The maximum Gasteiger partial charge on any atom is 0.325 e. The summed E-state index contributed by atoms with van der Waals surface area (Å²) in [5.41, 5.74) is 1.66. The van der Waals surface area contributed by atoms with E-state index in [9.17, 15) is 9.90 Å². The van der Waals surface area contributed by atoms with Gasteiger partial charge in [-0.2, -0.15) is 0 Å². The number of carbonyl (C=O) groups is 1. The molecule has 138 valence electrons. The third kappa shape index (κ3) is 3.57. The number of hydrogen-bond acceptors (Lipinski definition) is 6. The number of rotatable bonds is 6. The van der Waals surface area contributed by atoms with Gasteiger partial charge < -0.3 is 19.5 Å². The van der Waals surface area contributed by atoms with Gasteiger partial charge in [0.15, 0.2) is 0 Å². The van der Waals surface area contributed by atoms with E-state index < -0.39 is 12.0 Å². The summed E-state index contributed by atoms with van der Waals surface area (Å²) in [4.78, 5) is 20.3. The van der Waals surface area contributed by atoms with Crippen molar-refractivity contribution in [3.8, 4) is 11.5 Å². The summed E-state index contributed by atoms with van der Waals surface area (Å²) >= 11 is 0.